The topological polar surface area (TPSA) is 108 Å². The summed E-state index contributed by atoms with van der Waals surface area (Å²) in [5.74, 6) is 0.798. The first-order valence-corrected chi connectivity index (χ1v) is 8.69. The molecular weight excluding hydrogens is 356 g/mol. The quantitative estimate of drug-likeness (QED) is 0.514. The third-order valence-electron chi connectivity index (χ3n) is 4.13. The lowest BCUT2D eigenvalue weighted by Crippen LogP contribution is -2.19. The number of fused-ring (bicyclic) bond motifs is 1. The number of carbonyl (C=O) groups is 1. The van der Waals surface area contributed by atoms with Crippen LogP contribution in [0.4, 0.5) is 5.82 Å². The SMILES string of the molecule is NC(=O)COc1ccc(CNc2ncnc3c2cnn3-c2ccccc2)cc1. The summed E-state index contributed by atoms with van der Waals surface area (Å²) in [6.45, 7) is 0.431. The summed E-state index contributed by atoms with van der Waals surface area (Å²) in [6, 6.07) is 17.2. The Hall–Kier alpha value is -3.94. The van der Waals surface area contributed by atoms with Gasteiger partial charge in [0.05, 0.1) is 17.3 Å². The number of primary amides is 1. The lowest BCUT2D eigenvalue weighted by Gasteiger charge is -2.08. The molecule has 0 spiro atoms. The highest BCUT2D eigenvalue weighted by Crippen LogP contribution is 2.22. The zero-order chi connectivity index (χ0) is 19.3. The summed E-state index contributed by atoms with van der Waals surface area (Å²) in [5, 5.41) is 8.61. The Morgan fingerprint density at radius 3 is 2.61 bits per heavy atom. The van der Waals surface area contributed by atoms with E-state index in [0.717, 1.165) is 22.3 Å². The molecule has 0 aliphatic carbocycles. The average molecular weight is 374 g/mol. The second-order valence-corrected chi connectivity index (χ2v) is 6.10. The molecule has 0 fully saturated rings. The van der Waals surface area contributed by atoms with Gasteiger partial charge in [-0.2, -0.15) is 5.10 Å². The third kappa shape index (κ3) is 3.75. The van der Waals surface area contributed by atoms with Gasteiger partial charge >= 0.3 is 0 Å². The Balaban J connectivity index is 1.50. The van der Waals surface area contributed by atoms with Crippen molar-refractivity contribution in [3.8, 4) is 11.4 Å². The summed E-state index contributed by atoms with van der Waals surface area (Å²) in [6.07, 6.45) is 3.28. The number of para-hydroxylation sites is 1. The highest BCUT2D eigenvalue weighted by molar-refractivity contribution is 5.87. The van der Waals surface area contributed by atoms with Gasteiger partial charge < -0.3 is 15.8 Å². The van der Waals surface area contributed by atoms with Gasteiger partial charge in [0.1, 0.15) is 17.9 Å². The summed E-state index contributed by atoms with van der Waals surface area (Å²) in [4.78, 5) is 19.5. The number of nitrogens with one attached hydrogen (secondary N) is 1. The van der Waals surface area contributed by atoms with Crippen LogP contribution in [0.15, 0.2) is 67.1 Å². The van der Waals surface area contributed by atoms with E-state index in [0.29, 0.717) is 18.1 Å². The average Bonchev–Trinajstić information content (AvgIpc) is 3.17. The lowest BCUT2D eigenvalue weighted by atomic mass is 10.2. The van der Waals surface area contributed by atoms with Crippen molar-refractivity contribution in [2.45, 2.75) is 6.54 Å². The predicted molar refractivity (Wildman–Crippen MR) is 105 cm³/mol. The van der Waals surface area contributed by atoms with Gasteiger partial charge in [-0.05, 0) is 29.8 Å². The van der Waals surface area contributed by atoms with Crippen molar-refractivity contribution >= 4 is 22.8 Å². The standard InChI is InChI=1S/C20H18N6O2/c21-18(27)12-28-16-8-6-14(7-9-16)10-22-19-17-11-25-26(20(17)24-13-23-19)15-4-2-1-3-5-15/h1-9,11,13H,10,12H2,(H2,21,27)(H,22,23,24). The number of anilines is 1. The van der Waals surface area contributed by atoms with Gasteiger partial charge in [0.25, 0.3) is 5.91 Å². The first kappa shape index (κ1) is 17.5. The van der Waals surface area contributed by atoms with Crippen LogP contribution in [-0.4, -0.2) is 32.3 Å². The van der Waals surface area contributed by atoms with Crippen molar-refractivity contribution in [1.29, 1.82) is 0 Å². The van der Waals surface area contributed by atoms with Crippen LogP contribution in [0.5, 0.6) is 5.75 Å². The third-order valence-corrected chi connectivity index (χ3v) is 4.13. The molecule has 0 atom stereocenters. The summed E-state index contributed by atoms with van der Waals surface area (Å²) in [7, 11) is 0. The fraction of sp³-hybridized carbons (Fsp3) is 0.100. The Morgan fingerprint density at radius 2 is 1.86 bits per heavy atom. The summed E-state index contributed by atoms with van der Waals surface area (Å²) >= 11 is 0. The molecule has 2 aromatic carbocycles. The largest absolute Gasteiger partial charge is 0.484 e. The molecule has 4 rings (SSSR count). The van der Waals surface area contributed by atoms with Crippen molar-refractivity contribution < 1.29 is 9.53 Å². The fourth-order valence-corrected chi connectivity index (χ4v) is 2.79. The lowest BCUT2D eigenvalue weighted by molar-refractivity contribution is -0.119. The normalized spacial score (nSPS) is 10.7. The van der Waals surface area contributed by atoms with Crippen molar-refractivity contribution in [2.75, 3.05) is 11.9 Å². The van der Waals surface area contributed by atoms with E-state index in [4.69, 9.17) is 10.5 Å². The molecular formula is C20H18N6O2. The van der Waals surface area contributed by atoms with E-state index in [1.807, 2.05) is 42.5 Å². The summed E-state index contributed by atoms with van der Waals surface area (Å²) < 4.78 is 7.05. The second kappa shape index (κ2) is 7.75. The Kier molecular flexibility index (Phi) is 4.83. The molecule has 4 aromatic rings. The first-order chi connectivity index (χ1) is 13.7. The van der Waals surface area contributed by atoms with Gasteiger partial charge in [-0.15, -0.1) is 0 Å². The maximum Gasteiger partial charge on any atom is 0.255 e. The van der Waals surface area contributed by atoms with Crippen LogP contribution >= 0.6 is 0 Å². The van der Waals surface area contributed by atoms with Gasteiger partial charge in [0.15, 0.2) is 12.3 Å². The molecule has 28 heavy (non-hydrogen) atoms. The number of nitrogens with zero attached hydrogens (tertiary/aromatic N) is 4. The molecule has 1 amide bonds. The number of ether oxygens (including phenoxy) is 1. The molecule has 0 bridgehead atoms. The predicted octanol–water partition coefficient (Wildman–Crippen LogP) is 2.29. The van der Waals surface area contributed by atoms with E-state index in [-0.39, 0.29) is 6.61 Å². The molecule has 2 aromatic heterocycles. The maximum absolute atomic E-state index is 10.8. The van der Waals surface area contributed by atoms with E-state index < -0.39 is 5.91 Å². The van der Waals surface area contributed by atoms with Crippen molar-refractivity contribution in [3.05, 3.63) is 72.7 Å². The Morgan fingerprint density at radius 1 is 1.07 bits per heavy atom. The Bertz CT molecular complexity index is 1090. The van der Waals surface area contributed by atoms with Crippen molar-refractivity contribution in [3.63, 3.8) is 0 Å². The summed E-state index contributed by atoms with van der Waals surface area (Å²) in [5.41, 5.74) is 7.78. The minimum absolute atomic E-state index is 0.137. The van der Waals surface area contributed by atoms with Gasteiger partial charge in [-0.1, -0.05) is 30.3 Å². The maximum atomic E-state index is 10.8. The highest BCUT2D eigenvalue weighted by Gasteiger charge is 2.10. The molecule has 3 N–H and O–H groups in total. The molecule has 8 nitrogen and oxygen atoms in total. The van der Waals surface area contributed by atoms with Gasteiger partial charge in [0, 0.05) is 6.54 Å². The van der Waals surface area contributed by atoms with Crippen molar-refractivity contribution in [1.82, 2.24) is 19.7 Å². The number of rotatable bonds is 7. The number of aromatic nitrogens is 4. The second-order valence-electron chi connectivity index (χ2n) is 6.10. The zero-order valence-corrected chi connectivity index (χ0v) is 14.9. The van der Waals surface area contributed by atoms with Crippen LogP contribution in [0, 0.1) is 0 Å². The molecule has 140 valence electrons. The van der Waals surface area contributed by atoms with E-state index in [1.165, 1.54) is 6.33 Å². The molecule has 0 unspecified atom stereocenters. The minimum Gasteiger partial charge on any atom is -0.484 e. The minimum atomic E-state index is -0.505. The molecule has 0 aliphatic heterocycles. The number of amides is 1. The van der Waals surface area contributed by atoms with Gasteiger partial charge in [0.2, 0.25) is 0 Å². The highest BCUT2D eigenvalue weighted by atomic mass is 16.5. The first-order valence-electron chi connectivity index (χ1n) is 8.69. The zero-order valence-electron chi connectivity index (χ0n) is 14.9. The van der Waals surface area contributed by atoms with Crippen LogP contribution in [0.1, 0.15) is 5.56 Å². The van der Waals surface area contributed by atoms with Crippen LogP contribution in [0.2, 0.25) is 0 Å². The number of carbonyl (C=O) groups excluding carboxylic acids is 1. The number of hydrogen-bond donors (Lipinski definition) is 2. The smallest absolute Gasteiger partial charge is 0.255 e. The molecule has 0 aliphatic rings. The van der Waals surface area contributed by atoms with Crippen LogP contribution in [-0.2, 0) is 11.3 Å². The van der Waals surface area contributed by atoms with E-state index >= 15 is 0 Å². The number of hydrogen-bond acceptors (Lipinski definition) is 6. The fourth-order valence-electron chi connectivity index (χ4n) is 2.79. The van der Waals surface area contributed by atoms with E-state index in [1.54, 1.807) is 23.0 Å². The molecule has 2 heterocycles. The molecule has 0 saturated carbocycles. The Labute approximate surface area is 161 Å². The monoisotopic (exact) mass is 374 g/mol. The van der Waals surface area contributed by atoms with E-state index in [2.05, 4.69) is 20.4 Å². The van der Waals surface area contributed by atoms with Gasteiger partial charge in [-0.25, -0.2) is 14.6 Å². The molecule has 0 saturated heterocycles. The number of benzene rings is 2. The van der Waals surface area contributed by atoms with Crippen LogP contribution < -0.4 is 15.8 Å². The molecule has 8 heteroatoms. The van der Waals surface area contributed by atoms with Crippen LogP contribution in [0.3, 0.4) is 0 Å². The molecule has 0 radical (unpaired) electrons. The van der Waals surface area contributed by atoms with Crippen molar-refractivity contribution in [2.24, 2.45) is 5.73 Å². The number of nitrogens with two attached hydrogens (primary N) is 1. The van der Waals surface area contributed by atoms with E-state index in [9.17, 15) is 4.79 Å². The van der Waals surface area contributed by atoms with Crippen LogP contribution in [0.25, 0.3) is 16.7 Å². The van der Waals surface area contributed by atoms with Gasteiger partial charge in [-0.3, -0.25) is 4.79 Å².